The van der Waals surface area contributed by atoms with Crippen molar-refractivity contribution >= 4 is 21.8 Å². The lowest BCUT2D eigenvalue weighted by Gasteiger charge is -2.10. The molecule has 0 aliphatic heterocycles. The number of benzene rings is 3. The summed E-state index contributed by atoms with van der Waals surface area (Å²) in [5.74, 6) is 0.298. The maximum Gasteiger partial charge on any atom is 0.139 e. The fourth-order valence-electron chi connectivity index (χ4n) is 2.99. The molecule has 0 unspecified atom stereocenters. The minimum absolute atomic E-state index is 0.298. The van der Waals surface area contributed by atoms with Crippen LogP contribution in [0.2, 0.25) is 0 Å². The molecular weight excluding hydrogens is 282 g/mol. The normalized spacial score (nSPS) is 10.6. The van der Waals surface area contributed by atoms with Crippen molar-refractivity contribution in [1.29, 1.82) is 0 Å². The molecule has 0 spiro atoms. The molecule has 0 radical (unpaired) electrons. The van der Waals surface area contributed by atoms with E-state index in [0.717, 1.165) is 22.3 Å². The number of rotatable bonds is 1. The van der Waals surface area contributed by atoms with Gasteiger partial charge in [-0.05, 0) is 36.8 Å². The molecule has 0 amide bonds. The van der Waals surface area contributed by atoms with Gasteiger partial charge in [-0.3, -0.25) is 0 Å². The van der Waals surface area contributed by atoms with Gasteiger partial charge in [-0.2, -0.15) is 0 Å². The third kappa shape index (κ3) is 2.46. The third-order valence-corrected chi connectivity index (χ3v) is 3.95. The highest BCUT2D eigenvalue weighted by Crippen LogP contribution is 2.34. The molecule has 1 N–H and O–H groups in total. The van der Waals surface area contributed by atoms with Crippen LogP contribution in [0.25, 0.3) is 27.5 Å². The summed E-state index contributed by atoms with van der Waals surface area (Å²) in [7, 11) is 0. The van der Waals surface area contributed by atoms with Crippen molar-refractivity contribution < 1.29 is 5.11 Å². The Hall–Kier alpha value is -2.74. The van der Waals surface area contributed by atoms with E-state index in [1.54, 1.807) is 6.07 Å². The topological polar surface area (TPSA) is 25.2 Å². The van der Waals surface area contributed by atoms with E-state index in [0.29, 0.717) is 5.75 Å². The van der Waals surface area contributed by atoms with E-state index < -0.39 is 0 Å². The zero-order chi connectivity index (χ0) is 16.4. The van der Waals surface area contributed by atoms with Gasteiger partial charge in [-0.25, -0.2) is 0 Å². The van der Waals surface area contributed by atoms with Crippen molar-refractivity contribution in [3.63, 3.8) is 0 Å². The first-order valence-electron chi connectivity index (χ1n) is 8.04. The SMILES string of the molecule is CC.Cc1ccc(O)c(-n2c3ccccc3c3ccccc32)c1. The second-order valence-electron chi connectivity index (χ2n) is 5.36. The molecule has 0 saturated carbocycles. The van der Waals surface area contributed by atoms with Crippen LogP contribution in [0.15, 0.2) is 66.7 Å². The van der Waals surface area contributed by atoms with Crippen LogP contribution >= 0.6 is 0 Å². The summed E-state index contributed by atoms with van der Waals surface area (Å²) in [4.78, 5) is 0. The Bertz CT molecular complexity index is 913. The average molecular weight is 303 g/mol. The second-order valence-corrected chi connectivity index (χ2v) is 5.36. The molecule has 0 saturated heterocycles. The van der Waals surface area contributed by atoms with Crippen LogP contribution in [0.1, 0.15) is 19.4 Å². The van der Waals surface area contributed by atoms with Crippen LogP contribution in [0.3, 0.4) is 0 Å². The Balaban J connectivity index is 0.000000753. The van der Waals surface area contributed by atoms with Crippen molar-refractivity contribution in [3.05, 3.63) is 72.3 Å². The van der Waals surface area contributed by atoms with Crippen molar-refractivity contribution in [1.82, 2.24) is 4.57 Å². The lowest BCUT2D eigenvalue weighted by Crippen LogP contribution is -1.94. The number of hydrogen-bond acceptors (Lipinski definition) is 1. The van der Waals surface area contributed by atoms with Crippen LogP contribution in [0.5, 0.6) is 5.75 Å². The molecule has 23 heavy (non-hydrogen) atoms. The number of aromatic hydroxyl groups is 1. The van der Waals surface area contributed by atoms with Crippen molar-refractivity contribution in [2.75, 3.05) is 0 Å². The van der Waals surface area contributed by atoms with E-state index in [-0.39, 0.29) is 0 Å². The van der Waals surface area contributed by atoms with E-state index in [2.05, 4.69) is 41.0 Å². The first-order valence-corrected chi connectivity index (χ1v) is 8.04. The fourth-order valence-corrected chi connectivity index (χ4v) is 2.99. The highest BCUT2D eigenvalue weighted by Gasteiger charge is 2.13. The van der Waals surface area contributed by atoms with Crippen molar-refractivity contribution in [2.24, 2.45) is 0 Å². The van der Waals surface area contributed by atoms with Gasteiger partial charge in [-0.15, -0.1) is 0 Å². The Morgan fingerprint density at radius 1 is 0.739 bits per heavy atom. The quantitative estimate of drug-likeness (QED) is 0.470. The molecule has 0 atom stereocenters. The summed E-state index contributed by atoms with van der Waals surface area (Å²) in [6.45, 7) is 6.04. The summed E-state index contributed by atoms with van der Waals surface area (Å²) < 4.78 is 2.13. The van der Waals surface area contributed by atoms with Gasteiger partial charge in [-0.1, -0.05) is 56.3 Å². The number of aromatic nitrogens is 1. The Kier molecular flexibility index (Phi) is 4.07. The molecule has 4 aromatic rings. The molecule has 0 fully saturated rings. The van der Waals surface area contributed by atoms with E-state index in [9.17, 15) is 5.11 Å². The average Bonchev–Trinajstić information content (AvgIpc) is 2.93. The van der Waals surface area contributed by atoms with Crippen LogP contribution in [0.4, 0.5) is 0 Å². The molecule has 1 heterocycles. The maximum absolute atomic E-state index is 10.3. The highest BCUT2D eigenvalue weighted by molar-refractivity contribution is 6.09. The lowest BCUT2D eigenvalue weighted by atomic mass is 10.2. The second kappa shape index (κ2) is 6.17. The number of nitrogens with zero attached hydrogens (tertiary/aromatic N) is 1. The zero-order valence-corrected chi connectivity index (χ0v) is 13.7. The number of phenolic OH excluding ortho intramolecular Hbond substituents is 1. The van der Waals surface area contributed by atoms with Gasteiger partial charge in [0.05, 0.1) is 16.7 Å². The Morgan fingerprint density at radius 3 is 1.83 bits per heavy atom. The van der Waals surface area contributed by atoms with Gasteiger partial charge in [0.2, 0.25) is 0 Å². The van der Waals surface area contributed by atoms with Crippen molar-refractivity contribution in [2.45, 2.75) is 20.8 Å². The molecule has 1 aromatic heterocycles. The van der Waals surface area contributed by atoms with Crippen LogP contribution in [-0.2, 0) is 0 Å². The van der Waals surface area contributed by atoms with Crippen LogP contribution in [-0.4, -0.2) is 9.67 Å². The first-order chi connectivity index (χ1) is 11.3. The number of hydrogen-bond donors (Lipinski definition) is 1. The predicted molar refractivity (Wildman–Crippen MR) is 98.5 cm³/mol. The van der Waals surface area contributed by atoms with Gasteiger partial charge >= 0.3 is 0 Å². The molecule has 0 aliphatic rings. The summed E-state index contributed by atoms with van der Waals surface area (Å²) in [6.07, 6.45) is 0. The van der Waals surface area contributed by atoms with Gasteiger partial charge in [0.15, 0.2) is 0 Å². The van der Waals surface area contributed by atoms with Gasteiger partial charge in [0, 0.05) is 10.8 Å². The van der Waals surface area contributed by atoms with E-state index in [1.807, 2.05) is 45.0 Å². The smallest absolute Gasteiger partial charge is 0.139 e. The molecule has 3 aromatic carbocycles. The standard InChI is InChI=1S/C19H15NO.C2H6/c1-13-10-11-19(21)18(12-13)20-16-8-4-2-6-14(16)15-7-3-5-9-17(15)20;1-2/h2-12,21H,1H3;1-2H3. The summed E-state index contributed by atoms with van der Waals surface area (Å²) in [6, 6.07) is 22.3. The molecule has 4 rings (SSSR count). The molecule has 2 nitrogen and oxygen atoms in total. The van der Waals surface area contributed by atoms with E-state index >= 15 is 0 Å². The van der Waals surface area contributed by atoms with Gasteiger partial charge in [0.25, 0.3) is 0 Å². The first kappa shape index (κ1) is 15.2. The molecular formula is C21H21NO. The maximum atomic E-state index is 10.3. The van der Waals surface area contributed by atoms with Gasteiger partial charge in [0.1, 0.15) is 5.75 Å². The number of para-hydroxylation sites is 2. The number of fused-ring (bicyclic) bond motifs is 3. The molecule has 0 bridgehead atoms. The lowest BCUT2D eigenvalue weighted by molar-refractivity contribution is 0.473. The molecule has 116 valence electrons. The van der Waals surface area contributed by atoms with E-state index in [4.69, 9.17) is 0 Å². The third-order valence-electron chi connectivity index (χ3n) is 3.95. The number of aryl methyl sites for hydroxylation is 1. The summed E-state index contributed by atoms with van der Waals surface area (Å²) in [5, 5.41) is 12.7. The molecule has 2 heteroatoms. The van der Waals surface area contributed by atoms with Gasteiger partial charge < -0.3 is 9.67 Å². The van der Waals surface area contributed by atoms with Crippen LogP contribution in [0, 0.1) is 6.92 Å². The summed E-state index contributed by atoms with van der Waals surface area (Å²) >= 11 is 0. The predicted octanol–water partition coefficient (Wildman–Crippen LogP) is 5.82. The fraction of sp³-hybridized carbons (Fsp3) is 0.143. The Morgan fingerprint density at radius 2 is 1.26 bits per heavy atom. The highest BCUT2D eigenvalue weighted by atomic mass is 16.3. The van der Waals surface area contributed by atoms with E-state index in [1.165, 1.54) is 10.8 Å². The monoisotopic (exact) mass is 303 g/mol. The van der Waals surface area contributed by atoms with Crippen LogP contribution < -0.4 is 0 Å². The minimum atomic E-state index is 0.298. The largest absolute Gasteiger partial charge is 0.506 e. The minimum Gasteiger partial charge on any atom is -0.506 e. The molecule has 0 aliphatic carbocycles. The Labute approximate surface area is 136 Å². The number of phenols is 1. The zero-order valence-electron chi connectivity index (χ0n) is 13.7. The van der Waals surface area contributed by atoms with Crippen molar-refractivity contribution in [3.8, 4) is 11.4 Å². The summed E-state index contributed by atoms with van der Waals surface area (Å²) in [5.41, 5.74) is 4.18.